The first-order valence-corrected chi connectivity index (χ1v) is 15.2. The highest BCUT2D eigenvalue weighted by molar-refractivity contribution is 7.14. The number of ether oxygens (including phenoxy) is 3. The largest absolute Gasteiger partial charge is 0.495 e. The second-order valence-electron chi connectivity index (χ2n) is 9.88. The number of nitrogens with zero attached hydrogens (tertiary/aromatic N) is 2. The highest BCUT2D eigenvalue weighted by Gasteiger charge is 2.15. The lowest BCUT2D eigenvalue weighted by atomic mass is 10.1. The van der Waals surface area contributed by atoms with Crippen LogP contribution in [0.15, 0.2) is 95.4 Å². The minimum absolute atomic E-state index is 0.193. The molecule has 3 N–H and O–H groups in total. The number of anilines is 3. The summed E-state index contributed by atoms with van der Waals surface area (Å²) in [5, 5.41) is 13.0. The minimum Gasteiger partial charge on any atom is -0.495 e. The fraction of sp³-hybridized carbons (Fsp3) is 0.118. The Bertz CT molecular complexity index is 1860. The van der Waals surface area contributed by atoms with Crippen LogP contribution in [-0.2, 0) is 4.79 Å². The Morgan fingerprint density at radius 3 is 2.43 bits per heavy atom. The Morgan fingerprint density at radius 2 is 1.70 bits per heavy atom. The molecule has 234 valence electrons. The Kier molecular flexibility index (Phi) is 10.5. The van der Waals surface area contributed by atoms with E-state index in [9.17, 15) is 9.59 Å². The third-order valence-corrected chi connectivity index (χ3v) is 7.65. The van der Waals surface area contributed by atoms with Gasteiger partial charge in [-0.3, -0.25) is 9.59 Å². The van der Waals surface area contributed by atoms with E-state index in [0.717, 1.165) is 22.1 Å². The van der Waals surface area contributed by atoms with Crippen molar-refractivity contribution in [3.63, 3.8) is 0 Å². The van der Waals surface area contributed by atoms with E-state index >= 15 is 0 Å². The topological polar surface area (TPSA) is 123 Å². The second-order valence-corrected chi connectivity index (χ2v) is 11.1. The van der Waals surface area contributed by atoms with E-state index in [0.29, 0.717) is 28.3 Å². The van der Waals surface area contributed by atoms with E-state index < -0.39 is 5.91 Å². The number of nitrogens with one attached hydrogen (secondary N) is 3. The molecule has 0 aliphatic carbocycles. The van der Waals surface area contributed by atoms with Crippen molar-refractivity contribution in [3.8, 4) is 28.5 Å². The Hall–Kier alpha value is -5.39. The molecule has 0 spiro atoms. The normalized spacial score (nSPS) is 10.8. The molecule has 4 aromatic carbocycles. The van der Waals surface area contributed by atoms with E-state index in [4.69, 9.17) is 25.8 Å². The molecule has 46 heavy (non-hydrogen) atoms. The van der Waals surface area contributed by atoms with Gasteiger partial charge in [-0.25, -0.2) is 10.4 Å². The van der Waals surface area contributed by atoms with Crippen molar-refractivity contribution in [1.82, 2.24) is 10.4 Å². The summed E-state index contributed by atoms with van der Waals surface area (Å²) in [5.41, 5.74) is 7.85. The predicted octanol–water partition coefficient (Wildman–Crippen LogP) is 7.31. The van der Waals surface area contributed by atoms with Gasteiger partial charge in [0.05, 0.1) is 36.8 Å². The quantitative estimate of drug-likeness (QED) is 0.0951. The Balaban J connectivity index is 1.16. The number of hydrogen-bond donors (Lipinski definition) is 3. The van der Waals surface area contributed by atoms with Crippen LogP contribution < -0.4 is 30.3 Å². The molecule has 2 amide bonds. The van der Waals surface area contributed by atoms with Crippen LogP contribution in [0.3, 0.4) is 0 Å². The summed E-state index contributed by atoms with van der Waals surface area (Å²) in [7, 11) is 2.97. The molecule has 1 heterocycles. The number of thiazole rings is 1. The lowest BCUT2D eigenvalue weighted by Gasteiger charge is -2.14. The molecule has 0 aliphatic rings. The fourth-order valence-electron chi connectivity index (χ4n) is 4.27. The van der Waals surface area contributed by atoms with Gasteiger partial charge >= 0.3 is 0 Å². The lowest BCUT2D eigenvalue weighted by molar-refractivity contribution is -0.118. The molecule has 0 atom stereocenters. The molecule has 0 radical (unpaired) electrons. The fourth-order valence-corrected chi connectivity index (χ4v) is 5.29. The molecule has 0 aliphatic heterocycles. The van der Waals surface area contributed by atoms with Crippen LogP contribution in [0.2, 0.25) is 5.02 Å². The molecule has 0 saturated carbocycles. The number of hydrazone groups is 1. The maximum Gasteiger partial charge on any atom is 0.271 e. The molecular formula is C34H30ClN5O5S. The Labute approximate surface area is 275 Å². The van der Waals surface area contributed by atoms with E-state index in [2.05, 4.69) is 26.1 Å². The summed E-state index contributed by atoms with van der Waals surface area (Å²) in [6.07, 6.45) is 1.43. The van der Waals surface area contributed by atoms with Gasteiger partial charge in [0.2, 0.25) is 0 Å². The second kappa shape index (κ2) is 15.1. The predicted molar refractivity (Wildman–Crippen MR) is 182 cm³/mol. The first-order valence-electron chi connectivity index (χ1n) is 14.0. The van der Waals surface area contributed by atoms with Gasteiger partial charge in [0.1, 0.15) is 5.75 Å². The number of methoxy groups -OCH3 is 2. The van der Waals surface area contributed by atoms with E-state index in [1.807, 2.05) is 48.7 Å². The smallest absolute Gasteiger partial charge is 0.271 e. The zero-order valence-corrected chi connectivity index (χ0v) is 26.7. The summed E-state index contributed by atoms with van der Waals surface area (Å²) in [6, 6.07) is 25.4. The monoisotopic (exact) mass is 655 g/mol. The Morgan fingerprint density at radius 1 is 0.957 bits per heavy atom. The van der Waals surface area contributed by atoms with Crippen LogP contribution in [0, 0.1) is 6.92 Å². The zero-order valence-electron chi connectivity index (χ0n) is 25.2. The molecule has 5 rings (SSSR count). The average molecular weight is 656 g/mol. The van der Waals surface area contributed by atoms with Gasteiger partial charge in [-0.1, -0.05) is 53.6 Å². The standard InChI is InChI=1S/C34H30ClN5O5S/c1-21-8-14-25(15-9-21)37-34-39-28(20-46-34)23-10-12-24(13-11-23)33(42)40-36-18-22-16-26(35)32(30(17-22)44-3)45-19-31(41)38-27-6-4-5-7-29(27)43-2/h4-18,20H,19H2,1-3H3,(H,37,39)(H,38,41)(H,40,42)/b36-18+. The minimum atomic E-state index is -0.407. The summed E-state index contributed by atoms with van der Waals surface area (Å²) < 4.78 is 16.3. The van der Waals surface area contributed by atoms with Crippen LogP contribution in [0.25, 0.3) is 11.3 Å². The lowest BCUT2D eigenvalue weighted by Crippen LogP contribution is -2.20. The molecule has 12 heteroatoms. The highest BCUT2D eigenvalue weighted by atomic mass is 35.5. The maximum atomic E-state index is 12.7. The number of carbonyl (C=O) groups excluding carboxylic acids is 2. The van der Waals surface area contributed by atoms with Crippen molar-refractivity contribution < 1.29 is 23.8 Å². The van der Waals surface area contributed by atoms with Crippen molar-refractivity contribution in [3.05, 3.63) is 112 Å². The van der Waals surface area contributed by atoms with Gasteiger partial charge in [-0.15, -0.1) is 11.3 Å². The highest BCUT2D eigenvalue weighted by Crippen LogP contribution is 2.36. The first-order chi connectivity index (χ1) is 22.3. The summed E-state index contributed by atoms with van der Waals surface area (Å²) in [6.45, 7) is 1.73. The third-order valence-electron chi connectivity index (χ3n) is 6.61. The van der Waals surface area contributed by atoms with E-state index in [1.165, 1.54) is 37.3 Å². The third kappa shape index (κ3) is 8.20. The van der Waals surface area contributed by atoms with Crippen LogP contribution >= 0.6 is 22.9 Å². The maximum absolute atomic E-state index is 12.7. The summed E-state index contributed by atoms with van der Waals surface area (Å²) in [4.78, 5) is 29.8. The number of halogens is 1. The van der Waals surface area contributed by atoms with Crippen LogP contribution in [0.1, 0.15) is 21.5 Å². The van der Waals surface area contributed by atoms with Gasteiger partial charge in [0.15, 0.2) is 23.2 Å². The number of carbonyl (C=O) groups is 2. The molecular weight excluding hydrogens is 626 g/mol. The molecule has 0 fully saturated rings. The molecule has 5 aromatic rings. The molecule has 0 unspecified atom stereocenters. The summed E-state index contributed by atoms with van der Waals surface area (Å²) in [5.74, 6) is 0.215. The van der Waals surface area contributed by atoms with Gasteiger partial charge in [0.25, 0.3) is 11.8 Å². The van der Waals surface area contributed by atoms with E-state index in [1.54, 1.807) is 48.5 Å². The number of rotatable bonds is 12. The van der Waals surface area contributed by atoms with Gasteiger partial charge < -0.3 is 24.8 Å². The van der Waals surface area contributed by atoms with Crippen molar-refractivity contribution >= 4 is 57.5 Å². The van der Waals surface area contributed by atoms with E-state index in [-0.39, 0.29) is 23.3 Å². The van der Waals surface area contributed by atoms with Crippen molar-refractivity contribution in [1.29, 1.82) is 0 Å². The molecule has 10 nitrogen and oxygen atoms in total. The van der Waals surface area contributed by atoms with Crippen LogP contribution in [0.5, 0.6) is 17.2 Å². The first kappa shape index (κ1) is 32.0. The van der Waals surface area contributed by atoms with Crippen molar-refractivity contribution in [2.75, 3.05) is 31.5 Å². The number of aromatic nitrogens is 1. The summed E-state index contributed by atoms with van der Waals surface area (Å²) >= 11 is 7.94. The number of para-hydroxylation sites is 2. The van der Waals surface area contributed by atoms with Gasteiger partial charge in [-0.05, 0) is 61.0 Å². The van der Waals surface area contributed by atoms with Gasteiger partial charge in [0, 0.05) is 22.2 Å². The zero-order chi connectivity index (χ0) is 32.5. The van der Waals surface area contributed by atoms with Crippen LogP contribution in [-0.4, -0.2) is 43.8 Å². The number of benzene rings is 4. The van der Waals surface area contributed by atoms with Gasteiger partial charge in [-0.2, -0.15) is 5.10 Å². The van der Waals surface area contributed by atoms with Crippen molar-refractivity contribution in [2.45, 2.75) is 6.92 Å². The average Bonchev–Trinajstić information content (AvgIpc) is 3.53. The number of aryl methyl sites for hydroxylation is 1. The molecule has 0 saturated heterocycles. The number of hydrogen-bond acceptors (Lipinski definition) is 9. The van der Waals surface area contributed by atoms with Crippen LogP contribution in [0.4, 0.5) is 16.5 Å². The number of amides is 2. The molecule has 0 bridgehead atoms. The SMILES string of the molecule is COc1ccccc1NC(=O)COc1c(Cl)cc(/C=N/NC(=O)c2ccc(-c3csc(Nc4ccc(C)cc4)n3)cc2)cc1OC. The van der Waals surface area contributed by atoms with Crippen molar-refractivity contribution in [2.24, 2.45) is 5.10 Å². The molecule has 1 aromatic heterocycles.